The van der Waals surface area contributed by atoms with Crippen LogP contribution in [-0.2, 0) is 6.54 Å². The molecule has 1 aliphatic carbocycles. The molecule has 0 bridgehead atoms. The van der Waals surface area contributed by atoms with Crippen molar-refractivity contribution in [2.45, 2.75) is 64.5 Å². The number of likely N-dealkylation sites (tertiary alicyclic amines) is 1. The molecule has 0 atom stereocenters. The fourth-order valence-corrected chi connectivity index (χ4v) is 4.02. The number of rotatable bonds is 4. The summed E-state index contributed by atoms with van der Waals surface area (Å²) in [5.74, 6) is 1.88. The number of amides is 1. The maximum atomic E-state index is 12.5. The van der Waals surface area contributed by atoms with Crippen molar-refractivity contribution in [3.05, 3.63) is 35.4 Å². The third-order valence-electron chi connectivity index (χ3n) is 5.88. The molecule has 27 heavy (non-hydrogen) atoms. The zero-order valence-electron chi connectivity index (χ0n) is 16.8. The van der Waals surface area contributed by atoms with Gasteiger partial charge in [0, 0.05) is 38.3 Å². The first-order chi connectivity index (χ1) is 13.2. The van der Waals surface area contributed by atoms with E-state index in [2.05, 4.69) is 22.5 Å². The van der Waals surface area contributed by atoms with Gasteiger partial charge in [-0.1, -0.05) is 19.1 Å². The van der Waals surface area contributed by atoms with Crippen LogP contribution in [0.25, 0.3) is 0 Å². The van der Waals surface area contributed by atoms with E-state index in [4.69, 9.17) is 0 Å². The van der Waals surface area contributed by atoms with Crippen LogP contribution in [0, 0.1) is 5.92 Å². The number of aliphatic imine (C=N–C) groups is 1. The van der Waals surface area contributed by atoms with Gasteiger partial charge in [0.2, 0.25) is 0 Å². The van der Waals surface area contributed by atoms with Crippen molar-refractivity contribution in [3.63, 3.8) is 0 Å². The molecule has 1 aliphatic heterocycles. The maximum absolute atomic E-state index is 12.5. The lowest BCUT2D eigenvalue weighted by atomic mass is 9.87. The number of carbonyl (C=O) groups excluding carboxylic acids is 1. The van der Waals surface area contributed by atoms with Crippen molar-refractivity contribution in [2.24, 2.45) is 10.9 Å². The highest BCUT2D eigenvalue weighted by molar-refractivity contribution is 5.94. The summed E-state index contributed by atoms with van der Waals surface area (Å²) in [4.78, 5) is 18.9. The van der Waals surface area contributed by atoms with E-state index in [-0.39, 0.29) is 5.91 Å². The molecule has 2 N–H and O–H groups in total. The van der Waals surface area contributed by atoms with Gasteiger partial charge in [-0.15, -0.1) is 0 Å². The van der Waals surface area contributed by atoms with Gasteiger partial charge in [0.05, 0.1) is 0 Å². The molecule has 5 heteroatoms. The second-order valence-electron chi connectivity index (χ2n) is 8.08. The highest BCUT2D eigenvalue weighted by atomic mass is 16.2. The summed E-state index contributed by atoms with van der Waals surface area (Å²) in [6.45, 7) is 4.83. The standard InChI is InChI=1S/C22H34N4O/c1-17-6-12-20(13-7-17)25-22(23-2)24-16-18-8-10-19(11-9-18)21(27)26-14-4-3-5-15-26/h8-11,17,20H,3-7,12-16H2,1-2H3,(H2,23,24,25). The number of nitrogens with one attached hydrogen (secondary N) is 2. The zero-order chi connectivity index (χ0) is 19.1. The average Bonchev–Trinajstić information content (AvgIpc) is 2.73. The first-order valence-corrected chi connectivity index (χ1v) is 10.5. The smallest absolute Gasteiger partial charge is 0.253 e. The number of piperidine rings is 1. The lowest BCUT2D eigenvalue weighted by Gasteiger charge is -2.28. The summed E-state index contributed by atoms with van der Waals surface area (Å²) in [6.07, 6.45) is 8.51. The van der Waals surface area contributed by atoms with Crippen molar-refractivity contribution in [3.8, 4) is 0 Å². The van der Waals surface area contributed by atoms with Crippen LogP contribution < -0.4 is 10.6 Å². The van der Waals surface area contributed by atoms with Gasteiger partial charge in [-0.3, -0.25) is 9.79 Å². The van der Waals surface area contributed by atoms with Gasteiger partial charge in [0.25, 0.3) is 5.91 Å². The summed E-state index contributed by atoms with van der Waals surface area (Å²) in [7, 11) is 1.82. The van der Waals surface area contributed by atoms with Crippen LogP contribution in [0.5, 0.6) is 0 Å². The Morgan fingerprint density at radius 3 is 2.37 bits per heavy atom. The number of guanidine groups is 1. The molecule has 1 aromatic carbocycles. The topological polar surface area (TPSA) is 56.7 Å². The Hall–Kier alpha value is -2.04. The Morgan fingerprint density at radius 2 is 1.74 bits per heavy atom. The largest absolute Gasteiger partial charge is 0.354 e. The van der Waals surface area contributed by atoms with E-state index in [0.29, 0.717) is 12.6 Å². The van der Waals surface area contributed by atoms with Crippen LogP contribution in [-0.4, -0.2) is 42.9 Å². The van der Waals surface area contributed by atoms with Crippen molar-refractivity contribution < 1.29 is 4.79 Å². The molecule has 2 aliphatic rings. The van der Waals surface area contributed by atoms with E-state index >= 15 is 0 Å². The fraction of sp³-hybridized carbons (Fsp3) is 0.636. The molecule has 1 aromatic rings. The molecule has 148 valence electrons. The molecular formula is C22H34N4O. The predicted molar refractivity (Wildman–Crippen MR) is 111 cm³/mol. The van der Waals surface area contributed by atoms with Crippen molar-refractivity contribution in [2.75, 3.05) is 20.1 Å². The van der Waals surface area contributed by atoms with Crippen LogP contribution in [0.4, 0.5) is 0 Å². The Labute approximate surface area is 163 Å². The maximum Gasteiger partial charge on any atom is 0.253 e. The summed E-state index contributed by atoms with van der Waals surface area (Å²) in [5, 5.41) is 6.95. The molecule has 1 amide bonds. The molecule has 0 unspecified atom stereocenters. The van der Waals surface area contributed by atoms with E-state index in [1.165, 1.54) is 32.1 Å². The zero-order valence-corrected chi connectivity index (χ0v) is 16.8. The molecule has 2 fully saturated rings. The van der Waals surface area contributed by atoms with Gasteiger partial charge in [0.1, 0.15) is 0 Å². The SMILES string of the molecule is CN=C(NCc1ccc(C(=O)N2CCCCC2)cc1)NC1CCC(C)CC1. The van der Waals surface area contributed by atoms with E-state index in [1.54, 1.807) is 0 Å². The number of benzene rings is 1. The molecular weight excluding hydrogens is 336 g/mol. The highest BCUT2D eigenvalue weighted by Crippen LogP contribution is 2.23. The third kappa shape index (κ3) is 5.72. The summed E-state index contributed by atoms with van der Waals surface area (Å²) in [6, 6.07) is 8.51. The van der Waals surface area contributed by atoms with Gasteiger partial charge in [0.15, 0.2) is 5.96 Å². The van der Waals surface area contributed by atoms with E-state index < -0.39 is 0 Å². The molecule has 3 rings (SSSR count). The Kier molecular flexibility index (Phi) is 7.13. The third-order valence-corrected chi connectivity index (χ3v) is 5.88. The molecule has 0 radical (unpaired) electrons. The molecule has 5 nitrogen and oxygen atoms in total. The molecule has 1 saturated carbocycles. The lowest BCUT2D eigenvalue weighted by molar-refractivity contribution is 0.0724. The van der Waals surface area contributed by atoms with E-state index in [0.717, 1.165) is 48.9 Å². The van der Waals surface area contributed by atoms with Gasteiger partial charge in [-0.2, -0.15) is 0 Å². The summed E-state index contributed by atoms with van der Waals surface area (Å²) >= 11 is 0. The van der Waals surface area contributed by atoms with E-state index in [9.17, 15) is 4.79 Å². The minimum atomic E-state index is 0.165. The van der Waals surface area contributed by atoms with Gasteiger partial charge in [-0.05, 0) is 68.6 Å². The Bertz CT molecular complexity index is 626. The Morgan fingerprint density at radius 1 is 1.07 bits per heavy atom. The van der Waals surface area contributed by atoms with Crippen LogP contribution >= 0.6 is 0 Å². The summed E-state index contributed by atoms with van der Waals surface area (Å²) in [5.41, 5.74) is 1.95. The number of hydrogen-bond acceptors (Lipinski definition) is 2. The normalized spacial score (nSPS) is 23.8. The minimum Gasteiger partial charge on any atom is -0.354 e. The van der Waals surface area contributed by atoms with Crippen LogP contribution in [0.3, 0.4) is 0 Å². The summed E-state index contributed by atoms with van der Waals surface area (Å²) < 4.78 is 0. The van der Waals surface area contributed by atoms with Crippen molar-refractivity contribution in [1.82, 2.24) is 15.5 Å². The molecule has 1 heterocycles. The number of carbonyl (C=O) groups is 1. The lowest BCUT2D eigenvalue weighted by Crippen LogP contribution is -2.44. The predicted octanol–water partition coefficient (Wildman–Crippen LogP) is 3.56. The molecule has 1 saturated heterocycles. The van der Waals surface area contributed by atoms with Crippen LogP contribution in [0.2, 0.25) is 0 Å². The van der Waals surface area contributed by atoms with Crippen molar-refractivity contribution >= 4 is 11.9 Å². The second kappa shape index (κ2) is 9.77. The minimum absolute atomic E-state index is 0.165. The van der Waals surface area contributed by atoms with Gasteiger partial charge >= 0.3 is 0 Å². The first kappa shape index (κ1) is 19.7. The second-order valence-corrected chi connectivity index (χ2v) is 8.08. The average molecular weight is 371 g/mol. The van der Waals surface area contributed by atoms with Gasteiger partial charge < -0.3 is 15.5 Å². The fourth-order valence-electron chi connectivity index (χ4n) is 4.02. The highest BCUT2D eigenvalue weighted by Gasteiger charge is 2.19. The quantitative estimate of drug-likeness (QED) is 0.629. The Balaban J connectivity index is 1.48. The van der Waals surface area contributed by atoms with Crippen molar-refractivity contribution in [1.29, 1.82) is 0 Å². The number of hydrogen-bond donors (Lipinski definition) is 2. The van der Waals surface area contributed by atoms with Crippen LogP contribution in [0.1, 0.15) is 67.8 Å². The molecule has 0 spiro atoms. The number of nitrogens with zero attached hydrogens (tertiary/aromatic N) is 2. The first-order valence-electron chi connectivity index (χ1n) is 10.5. The van der Waals surface area contributed by atoms with Gasteiger partial charge in [-0.25, -0.2) is 0 Å². The van der Waals surface area contributed by atoms with Crippen LogP contribution in [0.15, 0.2) is 29.3 Å². The molecule has 0 aromatic heterocycles. The van der Waals surface area contributed by atoms with E-state index in [1.807, 2.05) is 36.2 Å². The monoisotopic (exact) mass is 370 g/mol.